The Morgan fingerprint density at radius 1 is 0.382 bits per heavy atom. The molecule has 1 aliphatic carbocycles. The van der Waals surface area contributed by atoms with Crippen LogP contribution in [0.25, 0.3) is 77.7 Å². The highest BCUT2D eigenvalue weighted by Crippen LogP contribution is 2.60. The summed E-state index contributed by atoms with van der Waals surface area (Å²) in [5, 5.41) is 2.67. The first-order valence-corrected chi connectivity index (χ1v) is 25.0. The Bertz CT molecular complexity index is 3920. The molecular weight excluding hydrogens is 824 g/mol. The summed E-state index contributed by atoms with van der Waals surface area (Å²) in [4.78, 5) is 0. The highest BCUT2D eigenvalue weighted by Gasteiger charge is 2.58. The molecule has 0 amide bonds. The Hall–Kier alpha value is -6.72. The lowest BCUT2D eigenvalue weighted by Crippen LogP contribution is -2.66. The van der Waals surface area contributed by atoms with E-state index >= 15 is 0 Å². The maximum absolute atomic E-state index is 2.74. The summed E-state index contributed by atoms with van der Waals surface area (Å²) in [6, 6.07) is 50.7. The highest BCUT2D eigenvalue weighted by molar-refractivity contribution is 7.01. The third-order valence-electron chi connectivity index (χ3n) is 17.0. The molecule has 68 heavy (non-hydrogen) atoms. The van der Waals surface area contributed by atoms with E-state index in [0.29, 0.717) is 0 Å². The van der Waals surface area contributed by atoms with Crippen LogP contribution in [0.1, 0.15) is 128 Å². The van der Waals surface area contributed by atoms with E-state index in [-0.39, 0.29) is 28.4 Å². The number of nitrogens with zero attached hydrogens (tertiary/aromatic N) is 4. The van der Waals surface area contributed by atoms with Crippen LogP contribution < -0.4 is 16.4 Å². The van der Waals surface area contributed by atoms with Gasteiger partial charge in [-0.25, -0.2) is 0 Å². The molecule has 7 aromatic carbocycles. The second kappa shape index (κ2) is 11.8. The lowest BCUT2D eigenvalue weighted by atomic mass is 9.28. The van der Waals surface area contributed by atoms with Gasteiger partial charge in [-0.2, -0.15) is 0 Å². The van der Waals surface area contributed by atoms with Crippen LogP contribution in [0, 0.1) is 0 Å². The molecule has 0 fully saturated rings. The summed E-state index contributed by atoms with van der Waals surface area (Å²) in [5.41, 5.74) is 30.4. The Balaban J connectivity index is 1.25. The average molecular weight is 881 g/mol. The third kappa shape index (κ3) is 4.27. The summed E-state index contributed by atoms with van der Waals surface area (Å²) >= 11 is 0. The minimum atomic E-state index is -0.585. The molecule has 4 nitrogen and oxygen atoms in total. The SMILES string of the molecule is CC(C)(C)c1ccc2c(c1)C1(c3cc(C(C)(C)C)ccc3-2)c2ccc3c4c2B2c5c(cccc5-n5c6c2c1ccc6n1c2ccccc2c(C(C)(C)C)c51)-n4c1c(C(C)(C)C)c2ccccc2n31. The van der Waals surface area contributed by atoms with Gasteiger partial charge in [-0.1, -0.05) is 174 Å². The molecule has 0 radical (unpaired) electrons. The zero-order valence-electron chi connectivity index (χ0n) is 41.5. The normalized spacial score (nSPS) is 15.4. The Kier molecular flexibility index (Phi) is 6.79. The van der Waals surface area contributed by atoms with Gasteiger partial charge in [0.2, 0.25) is 0 Å². The van der Waals surface area contributed by atoms with Crippen molar-refractivity contribution in [3.05, 3.63) is 172 Å². The van der Waals surface area contributed by atoms with E-state index in [9.17, 15) is 0 Å². The van der Waals surface area contributed by atoms with Gasteiger partial charge in [-0.15, -0.1) is 0 Å². The van der Waals surface area contributed by atoms with Crippen LogP contribution in [0.5, 0.6) is 0 Å². The molecule has 5 heteroatoms. The molecular formula is C63H57BN4. The van der Waals surface area contributed by atoms with Crippen molar-refractivity contribution < 1.29 is 0 Å². The zero-order valence-corrected chi connectivity index (χ0v) is 41.5. The standard InChI is InChI=1S/C63H57BN4/c1-59(2,3)34-24-26-36-37-27-25-35(60(4,5)6)33-43(37)63(42(36)32-34)40-28-30-48-55-52(40)64-53-41(63)29-31-49-56(53)68(58-51(62(10,11)12)39-19-14-16-21-45(39)66(49)58)47-23-17-22-46(54(47)64)67(55)57-50(61(7,8)9)38-18-13-15-20-44(38)65(48)57/h13-33H,1-12H3. The molecule has 0 unspecified atom stereocenters. The minimum Gasteiger partial charge on any atom is -0.295 e. The van der Waals surface area contributed by atoms with E-state index in [2.05, 4.69) is 228 Å². The number of para-hydroxylation sites is 2. The van der Waals surface area contributed by atoms with Gasteiger partial charge < -0.3 is 0 Å². The molecule has 0 bridgehead atoms. The van der Waals surface area contributed by atoms with Crippen LogP contribution in [0.15, 0.2) is 127 Å². The van der Waals surface area contributed by atoms with Crippen LogP contribution >= 0.6 is 0 Å². The number of rotatable bonds is 0. The van der Waals surface area contributed by atoms with Crippen LogP contribution in [-0.2, 0) is 27.1 Å². The second-order valence-electron chi connectivity index (χ2n) is 25.0. The van der Waals surface area contributed by atoms with Crippen molar-refractivity contribution in [2.75, 3.05) is 0 Å². The van der Waals surface area contributed by atoms with Gasteiger partial charge in [0.15, 0.2) is 0 Å². The highest BCUT2D eigenvalue weighted by atomic mass is 15.2. The number of hydrogen-bond donors (Lipinski definition) is 0. The van der Waals surface area contributed by atoms with E-state index in [0.717, 1.165) is 0 Å². The fourth-order valence-electron chi connectivity index (χ4n) is 14.4. The van der Waals surface area contributed by atoms with Crippen LogP contribution in [0.3, 0.4) is 0 Å². The van der Waals surface area contributed by atoms with Crippen molar-refractivity contribution in [3.8, 4) is 22.5 Å². The maximum atomic E-state index is 2.74. The number of hydrogen-bond acceptors (Lipinski definition) is 0. The van der Waals surface area contributed by atoms with E-state index in [1.165, 1.54) is 139 Å². The predicted molar refractivity (Wildman–Crippen MR) is 287 cm³/mol. The van der Waals surface area contributed by atoms with E-state index in [1.54, 1.807) is 0 Å². The smallest absolute Gasteiger partial charge is 0.253 e. The second-order valence-corrected chi connectivity index (χ2v) is 25.0. The molecule has 11 aromatic rings. The van der Waals surface area contributed by atoms with Crippen molar-refractivity contribution in [1.82, 2.24) is 17.9 Å². The van der Waals surface area contributed by atoms with Crippen molar-refractivity contribution in [3.63, 3.8) is 0 Å². The maximum Gasteiger partial charge on any atom is 0.253 e. The summed E-state index contributed by atoms with van der Waals surface area (Å²) in [6.07, 6.45) is 0. The van der Waals surface area contributed by atoms with Crippen molar-refractivity contribution in [1.29, 1.82) is 0 Å². The fraction of sp³-hybridized carbons (Fsp3) is 0.270. The lowest BCUT2D eigenvalue weighted by molar-refractivity contribution is 0.586. The summed E-state index contributed by atoms with van der Waals surface area (Å²) in [5.74, 6) is 0. The number of fused-ring (bicyclic) bond motifs is 19. The molecule has 0 N–H and O–H groups in total. The monoisotopic (exact) mass is 880 g/mol. The van der Waals surface area contributed by atoms with Gasteiger partial charge >= 0.3 is 0 Å². The molecule has 4 aliphatic rings. The molecule has 0 saturated heterocycles. The fourth-order valence-corrected chi connectivity index (χ4v) is 14.4. The van der Waals surface area contributed by atoms with Crippen molar-refractivity contribution in [2.24, 2.45) is 0 Å². The molecule has 0 atom stereocenters. The van der Waals surface area contributed by atoms with Gasteiger partial charge in [0.25, 0.3) is 6.71 Å². The van der Waals surface area contributed by atoms with E-state index < -0.39 is 5.41 Å². The molecule has 7 heterocycles. The van der Waals surface area contributed by atoms with E-state index in [1.807, 2.05) is 0 Å². The molecule has 15 rings (SSSR count). The van der Waals surface area contributed by atoms with Crippen molar-refractivity contribution in [2.45, 2.75) is 110 Å². The zero-order chi connectivity index (χ0) is 46.7. The Morgan fingerprint density at radius 2 is 0.809 bits per heavy atom. The molecule has 3 aliphatic heterocycles. The number of aromatic nitrogens is 4. The largest absolute Gasteiger partial charge is 0.295 e. The predicted octanol–water partition coefficient (Wildman–Crippen LogP) is 13.4. The Morgan fingerprint density at radius 3 is 1.22 bits per heavy atom. The summed E-state index contributed by atoms with van der Waals surface area (Å²) in [7, 11) is 0. The first-order valence-electron chi connectivity index (χ1n) is 25.0. The molecule has 0 saturated carbocycles. The van der Waals surface area contributed by atoms with Crippen LogP contribution in [-0.4, -0.2) is 24.6 Å². The molecule has 1 spiro atoms. The average Bonchev–Trinajstić information content (AvgIpc) is 4.06. The van der Waals surface area contributed by atoms with Gasteiger partial charge in [0.1, 0.15) is 11.3 Å². The van der Waals surface area contributed by atoms with Crippen LogP contribution in [0.4, 0.5) is 0 Å². The number of benzene rings is 7. The molecule has 332 valence electrons. The Labute approximate surface area is 398 Å². The summed E-state index contributed by atoms with van der Waals surface area (Å²) in [6.45, 7) is 28.7. The van der Waals surface area contributed by atoms with Gasteiger partial charge in [-0.05, 0) is 119 Å². The van der Waals surface area contributed by atoms with Gasteiger partial charge in [-0.3, -0.25) is 17.9 Å². The molecule has 4 aromatic heterocycles. The first kappa shape index (κ1) is 39.3. The van der Waals surface area contributed by atoms with Crippen molar-refractivity contribution >= 4 is 78.3 Å². The van der Waals surface area contributed by atoms with Gasteiger partial charge in [0, 0.05) is 33.3 Å². The van der Waals surface area contributed by atoms with Gasteiger partial charge in [0.05, 0.1) is 38.5 Å². The summed E-state index contributed by atoms with van der Waals surface area (Å²) < 4.78 is 10.7. The third-order valence-corrected chi connectivity index (χ3v) is 17.0. The number of imidazole rings is 2. The lowest BCUT2D eigenvalue weighted by Gasteiger charge is -2.46. The van der Waals surface area contributed by atoms with Crippen LogP contribution in [0.2, 0.25) is 0 Å². The topological polar surface area (TPSA) is 18.7 Å². The first-order chi connectivity index (χ1) is 32.3. The minimum absolute atomic E-state index is 0.0289. The quantitative estimate of drug-likeness (QED) is 0.135. The van der Waals surface area contributed by atoms with E-state index in [4.69, 9.17) is 0 Å².